The quantitative estimate of drug-likeness (QED) is 0.307. The molecule has 0 spiro atoms. The molecule has 0 unspecified atom stereocenters. The number of anilines is 1. The molecule has 0 atom stereocenters. The Kier molecular flexibility index (Phi) is 8.17. The van der Waals surface area contributed by atoms with E-state index in [-0.39, 0.29) is 16.6 Å². The van der Waals surface area contributed by atoms with Gasteiger partial charge < -0.3 is 15.2 Å². The molecular weight excluding hydrogens is 398 g/mol. The van der Waals surface area contributed by atoms with E-state index in [0.717, 1.165) is 35.2 Å². The monoisotopic (exact) mass is 437 g/mol. The van der Waals surface area contributed by atoms with Crippen LogP contribution in [0.5, 0.6) is 11.5 Å². The van der Waals surface area contributed by atoms with E-state index in [2.05, 4.69) is 46.9 Å². The Morgan fingerprint density at radius 1 is 1.03 bits per heavy atom. The molecule has 0 heterocycles. The Morgan fingerprint density at radius 3 is 2.12 bits per heavy atom. The van der Waals surface area contributed by atoms with Gasteiger partial charge in [0.15, 0.2) is 5.78 Å². The van der Waals surface area contributed by atoms with Crippen LogP contribution in [0.1, 0.15) is 88.4 Å². The Balaban J connectivity index is 2.68. The number of phenolic OH excluding ortho intramolecular Hbond substituents is 1. The Labute approximate surface area is 193 Å². The summed E-state index contributed by atoms with van der Waals surface area (Å²) >= 11 is 0. The number of aromatic hydroxyl groups is 1. The second-order valence-corrected chi connectivity index (χ2v) is 9.50. The van der Waals surface area contributed by atoms with Crippen molar-refractivity contribution in [3.63, 3.8) is 0 Å². The first-order chi connectivity index (χ1) is 15.0. The van der Waals surface area contributed by atoms with Gasteiger partial charge in [0.1, 0.15) is 11.5 Å². The molecule has 2 aromatic rings. The number of hydrogen-bond acceptors (Lipinski definition) is 4. The van der Waals surface area contributed by atoms with Crippen LogP contribution in [0.15, 0.2) is 36.4 Å². The first kappa shape index (κ1) is 25.5. The zero-order valence-corrected chi connectivity index (χ0v) is 20.9. The van der Waals surface area contributed by atoms with Crippen molar-refractivity contribution < 1.29 is 14.6 Å². The molecule has 0 saturated heterocycles. The maximum absolute atomic E-state index is 12.8. The van der Waals surface area contributed by atoms with Crippen LogP contribution < -0.4 is 10.1 Å². The molecule has 0 aromatic heterocycles. The van der Waals surface area contributed by atoms with Gasteiger partial charge in [0, 0.05) is 35.0 Å². The summed E-state index contributed by atoms with van der Waals surface area (Å²) in [5.74, 6) is 0.885. The molecule has 0 aliphatic heterocycles. The van der Waals surface area contributed by atoms with Gasteiger partial charge in [0.2, 0.25) is 0 Å². The zero-order valence-electron chi connectivity index (χ0n) is 20.9. The standard InChI is InChI=1S/C28H39NO3/c1-9-27(4,5)22-18-20(14-17-23(30)19-12-15-21(29-8)16-13-19)26(32-11-3)24(25(22)31)28(6,7)10-2/h12-18,29,31H,9-11H2,1-8H3. The Morgan fingerprint density at radius 2 is 1.62 bits per heavy atom. The van der Waals surface area contributed by atoms with E-state index in [1.807, 2.05) is 50.4 Å². The molecule has 2 aromatic carbocycles. The van der Waals surface area contributed by atoms with Crippen molar-refractivity contribution in [3.8, 4) is 11.5 Å². The van der Waals surface area contributed by atoms with E-state index in [4.69, 9.17) is 4.74 Å². The number of rotatable bonds is 10. The summed E-state index contributed by atoms with van der Waals surface area (Å²) < 4.78 is 6.08. The van der Waals surface area contributed by atoms with Gasteiger partial charge in [-0.15, -0.1) is 0 Å². The molecule has 0 saturated carbocycles. The number of nitrogens with one attached hydrogen (secondary N) is 1. The number of ether oxygens (including phenoxy) is 1. The van der Waals surface area contributed by atoms with Crippen LogP contribution >= 0.6 is 0 Å². The highest BCUT2D eigenvalue weighted by molar-refractivity contribution is 6.07. The van der Waals surface area contributed by atoms with Gasteiger partial charge in [0.25, 0.3) is 0 Å². The minimum Gasteiger partial charge on any atom is -0.507 e. The van der Waals surface area contributed by atoms with Gasteiger partial charge in [-0.2, -0.15) is 0 Å². The van der Waals surface area contributed by atoms with Crippen LogP contribution in [0, 0.1) is 0 Å². The first-order valence-corrected chi connectivity index (χ1v) is 11.6. The average Bonchev–Trinajstić information content (AvgIpc) is 2.78. The lowest BCUT2D eigenvalue weighted by molar-refractivity contribution is 0.104. The third kappa shape index (κ3) is 5.35. The summed E-state index contributed by atoms with van der Waals surface area (Å²) in [4.78, 5) is 12.8. The van der Waals surface area contributed by atoms with E-state index >= 15 is 0 Å². The maximum atomic E-state index is 12.8. The highest BCUT2D eigenvalue weighted by Gasteiger charge is 2.33. The van der Waals surface area contributed by atoms with Gasteiger partial charge in [-0.3, -0.25) is 4.79 Å². The fraction of sp³-hybridized carbons (Fsp3) is 0.464. The van der Waals surface area contributed by atoms with Crippen LogP contribution in [-0.4, -0.2) is 24.5 Å². The van der Waals surface area contributed by atoms with Crippen molar-refractivity contribution in [3.05, 3.63) is 58.7 Å². The van der Waals surface area contributed by atoms with E-state index < -0.39 is 0 Å². The normalized spacial score (nSPS) is 12.2. The first-order valence-electron chi connectivity index (χ1n) is 11.6. The SMILES string of the molecule is CCOc1c(C=CC(=O)c2ccc(NC)cc2)cc(C(C)(C)CC)c(O)c1C(C)(C)CC. The number of hydrogen-bond donors (Lipinski definition) is 2. The zero-order chi connectivity index (χ0) is 24.1. The molecule has 174 valence electrons. The summed E-state index contributed by atoms with van der Waals surface area (Å²) in [5, 5.41) is 14.4. The number of benzene rings is 2. The summed E-state index contributed by atoms with van der Waals surface area (Å²) in [5.41, 5.74) is 3.59. The predicted molar refractivity (Wildman–Crippen MR) is 135 cm³/mol. The summed E-state index contributed by atoms with van der Waals surface area (Å²) in [6.07, 6.45) is 5.13. The highest BCUT2D eigenvalue weighted by atomic mass is 16.5. The van der Waals surface area contributed by atoms with E-state index in [0.29, 0.717) is 23.7 Å². The van der Waals surface area contributed by atoms with Gasteiger partial charge in [0.05, 0.1) is 6.61 Å². The van der Waals surface area contributed by atoms with Crippen molar-refractivity contribution in [2.75, 3.05) is 19.0 Å². The molecule has 32 heavy (non-hydrogen) atoms. The van der Waals surface area contributed by atoms with E-state index in [1.54, 1.807) is 6.08 Å². The second kappa shape index (κ2) is 10.2. The minimum atomic E-state index is -0.288. The topological polar surface area (TPSA) is 58.6 Å². The molecule has 0 radical (unpaired) electrons. The third-order valence-electron chi connectivity index (χ3n) is 6.62. The van der Waals surface area contributed by atoms with Crippen LogP contribution in [0.4, 0.5) is 5.69 Å². The van der Waals surface area contributed by atoms with Crippen LogP contribution in [0.3, 0.4) is 0 Å². The summed E-state index contributed by atoms with van der Waals surface area (Å²) in [6, 6.07) is 9.38. The third-order valence-corrected chi connectivity index (χ3v) is 6.62. The highest BCUT2D eigenvalue weighted by Crippen LogP contribution is 2.48. The molecule has 0 bridgehead atoms. The molecule has 4 nitrogen and oxygen atoms in total. The van der Waals surface area contributed by atoms with Crippen molar-refractivity contribution in [2.24, 2.45) is 0 Å². The van der Waals surface area contributed by atoms with Gasteiger partial charge in [-0.05, 0) is 73.1 Å². The molecular formula is C28H39NO3. The van der Waals surface area contributed by atoms with Crippen molar-refractivity contribution >= 4 is 17.5 Å². The number of phenols is 1. The van der Waals surface area contributed by atoms with E-state index in [1.165, 1.54) is 0 Å². The van der Waals surface area contributed by atoms with Crippen molar-refractivity contribution in [1.29, 1.82) is 0 Å². The lowest BCUT2D eigenvalue weighted by Crippen LogP contribution is -2.22. The molecule has 4 heteroatoms. The van der Waals surface area contributed by atoms with Gasteiger partial charge >= 0.3 is 0 Å². The number of carbonyl (C=O) groups excluding carboxylic acids is 1. The van der Waals surface area contributed by atoms with Crippen molar-refractivity contribution in [1.82, 2.24) is 0 Å². The fourth-order valence-corrected chi connectivity index (χ4v) is 3.67. The lowest BCUT2D eigenvalue weighted by Gasteiger charge is -2.33. The molecule has 2 rings (SSSR count). The molecule has 2 N–H and O–H groups in total. The fourth-order valence-electron chi connectivity index (χ4n) is 3.67. The number of allylic oxidation sites excluding steroid dienone is 1. The Hall–Kier alpha value is -2.75. The summed E-state index contributed by atoms with van der Waals surface area (Å²) in [6.45, 7) is 15.1. The summed E-state index contributed by atoms with van der Waals surface area (Å²) in [7, 11) is 1.85. The van der Waals surface area contributed by atoms with Gasteiger partial charge in [-0.1, -0.05) is 41.5 Å². The average molecular weight is 438 g/mol. The predicted octanol–water partition coefficient (Wildman–Crippen LogP) is 7.10. The minimum absolute atomic E-state index is 0.0734. The van der Waals surface area contributed by atoms with Gasteiger partial charge in [-0.25, -0.2) is 0 Å². The molecule has 0 fully saturated rings. The van der Waals surface area contributed by atoms with Crippen LogP contribution in [-0.2, 0) is 10.8 Å². The second-order valence-electron chi connectivity index (χ2n) is 9.50. The maximum Gasteiger partial charge on any atom is 0.185 e. The molecule has 0 amide bonds. The number of ketones is 1. The van der Waals surface area contributed by atoms with Crippen LogP contribution in [0.25, 0.3) is 6.08 Å². The Bertz CT molecular complexity index is 969. The molecule has 0 aliphatic rings. The van der Waals surface area contributed by atoms with E-state index in [9.17, 15) is 9.90 Å². The lowest BCUT2D eigenvalue weighted by atomic mass is 9.74. The van der Waals surface area contributed by atoms with Crippen molar-refractivity contribution in [2.45, 2.75) is 72.1 Å². The smallest absolute Gasteiger partial charge is 0.185 e. The number of carbonyl (C=O) groups is 1. The molecule has 0 aliphatic carbocycles. The van der Waals surface area contributed by atoms with Crippen LogP contribution in [0.2, 0.25) is 0 Å². The largest absolute Gasteiger partial charge is 0.507 e.